The summed E-state index contributed by atoms with van der Waals surface area (Å²) in [7, 11) is 0. The maximum atomic E-state index is 12.3. The van der Waals surface area contributed by atoms with E-state index in [0.717, 1.165) is 21.6 Å². The van der Waals surface area contributed by atoms with Crippen LogP contribution in [0.3, 0.4) is 0 Å². The van der Waals surface area contributed by atoms with Gasteiger partial charge in [-0.25, -0.2) is 9.97 Å². The molecule has 4 rings (SSSR count). The minimum Gasteiger partial charge on any atom is -0.276 e. The van der Waals surface area contributed by atoms with Gasteiger partial charge in [-0.05, 0) is 36.4 Å². The number of anilines is 1. The van der Waals surface area contributed by atoms with Gasteiger partial charge in [-0.15, -0.1) is 0 Å². The Morgan fingerprint density at radius 1 is 1.03 bits per heavy atom. The zero-order chi connectivity index (χ0) is 21.8. The number of benzene rings is 2. The quantitative estimate of drug-likeness (QED) is 0.225. The number of fused-ring (bicyclic) bond motifs is 1. The number of rotatable bonds is 6. The number of hydrazine groups is 1. The number of nitrogens with zero attached hydrogens (tertiary/aromatic N) is 4. The monoisotopic (exact) mass is 496 g/mol. The SMILES string of the molecule is O=C(NNc1ncnc(Sc2cccc3cccnc23)c1[N+](=O)[O-])c1ccc(Br)cc1. The van der Waals surface area contributed by atoms with Crippen LogP contribution in [0.25, 0.3) is 10.9 Å². The molecule has 31 heavy (non-hydrogen) atoms. The fourth-order valence-corrected chi connectivity index (χ4v) is 4.00. The number of amides is 1. The van der Waals surface area contributed by atoms with E-state index in [0.29, 0.717) is 16.0 Å². The van der Waals surface area contributed by atoms with Crippen molar-refractivity contribution in [2.24, 2.45) is 0 Å². The van der Waals surface area contributed by atoms with Crippen LogP contribution in [0.1, 0.15) is 10.4 Å². The summed E-state index contributed by atoms with van der Waals surface area (Å²) in [6.07, 6.45) is 2.85. The number of carbonyl (C=O) groups excluding carboxylic acids is 1. The highest BCUT2D eigenvalue weighted by Gasteiger charge is 2.25. The van der Waals surface area contributed by atoms with Crippen LogP contribution in [0.4, 0.5) is 11.5 Å². The van der Waals surface area contributed by atoms with E-state index in [1.807, 2.05) is 30.3 Å². The molecule has 0 atom stereocenters. The second-order valence-corrected chi connectivity index (χ2v) is 8.10. The number of halogens is 1. The second-order valence-electron chi connectivity index (χ2n) is 6.15. The second kappa shape index (κ2) is 9.06. The molecule has 2 N–H and O–H groups in total. The van der Waals surface area contributed by atoms with Crippen molar-refractivity contribution in [2.75, 3.05) is 5.43 Å². The smallest absolute Gasteiger partial charge is 0.276 e. The van der Waals surface area contributed by atoms with Crippen LogP contribution in [0.2, 0.25) is 0 Å². The van der Waals surface area contributed by atoms with E-state index < -0.39 is 10.8 Å². The zero-order valence-corrected chi connectivity index (χ0v) is 18.1. The first-order valence-electron chi connectivity index (χ1n) is 8.86. The Bertz CT molecular complexity index is 1280. The molecule has 9 nitrogen and oxygen atoms in total. The van der Waals surface area contributed by atoms with Crippen molar-refractivity contribution < 1.29 is 9.72 Å². The predicted molar refractivity (Wildman–Crippen MR) is 120 cm³/mol. The normalized spacial score (nSPS) is 10.6. The van der Waals surface area contributed by atoms with Crippen LogP contribution in [0, 0.1) is 10.1 Å². The van der Waals surface area contributed by atoms with Gasteiger partial charge in [-0.3, -0.25) is 30.7 Å². The van der Waals surface area contributed by atoms with Gasteiger partial charge in [0.1, 0.15) is 6.33 Å². The summed E-state index contributed by atoms with van der Waals surface area (Å²) >= 11 is 4.41. The van der Waals surface area contributed by atoms with Crippen LogP contribution in [0.5, 0.6) is 0 Å². The summed E-state index contributed by atoms with van der Waals surface area (Å²) in [6.45, 7) is 0. The molecule has 0 bridgehead atoms. The highest BCUT2D eigenvalue weighted by atomic mass is 79.9. The van der Waals surface area contributed by atoms with Gasteiger partial charge >= 0.3 is 5.69 Å². The third-order valence-corrected chi connectivity index (χ3v) is 5.74. The first kappa shape index (κ1) is 20.7. The highest BCUT2D eigenvalue weighted by molar-refractivity contribution is 9.10. The first-order valence-corrected chi connectivity index (χ1v) is 10.5. The highest BCUT2D eigenvalue weighted by Crippen LogP contribution is 2.38. The lowest BCUT2D eigenvalue weighted by molar-refractivity contribution is -0.387. The fraction of sp³-hybridized carbons (Fsp3) is 0. The van der Waals surface area contributed by atoms with Gasteiger partial charge in [0.2, 0.25) is 5.82 Å². The third kappa shape index (κ3) is 4.62. The van der Waals surface area contributed by atoms with Crippen LogP contribution in [-0.2, 0) is 0 Å². The lowest BCUT2D eigenvalue weighted by atomic mass is 10.2. The summed E-state index contributed by atoms with van der Waals surface area (Å²) in [4.78, 5) is 36.6. The van der Waals surface area contributed by atoms with Crippen molar-refractivity contribution in [1.29, 1.82) is 0 Å². The Balaban J connectivity index is 1.61. The summed E-state index contributed by atoms with van der Waals surface area (Å²) in [5.74, 6) is -0.589. The molecule has 0 aliphatic rings. The van der Waals surface area contributed by atoms with Gasteiger partial charge in [0.15, 0.2) is 5.03 Å². The molecule has 154 valence electrons. The van der Waals surface area contributed by atoms with E-state index in [1.165, 1.54) is 6.33 Å². The number of carbonyl (C=O) groups is 1. The van der Waals surface area contributed by atoms with Crippen molar-refractivity contribution >= 4 is 56.0 Å². The van der Waals surface area contributed by atoms with Gasteiger partial charge < -0.3 is 0 Å². The number of hydrogen-bond acceptors (Lipinski definition) is 8. The predicted octanol–water partition coefficient (Wildman–Crippen LogP) is 4.60. The molecule has 0 spiro atoms. The zero-order valence-electron chi connectivity index (χ0n) is 15.7. The topological polar surface area (TPSA) is 123 Å². The molecule has 0 fully saturated rings. The molecule has 1 amide bonds. The van der Waals surface area contributed by atoms with E-state index in [4.69, 9.17) is 0 Å². The molecule has 2 aromatic heterocycles. The maximum absolute atomic E-state index is 12.3. The Hall–Kier alpha value is -3.57. The summed E-state index contributed by atoms with van der Waals surface area (Å²) in [5.41, 5.74) is 5.71. The number of hydrogen-bond donors (Lipinski definition) is 2. The van der Waals surface area contributed by atoms with Gasteiger partial charge in [-0.2, -0.15) is 0 Å². The number of pyridine rings is 1. The summed E-state index contributed by atoms with van der Waals surface area (Å²) in [6, 6.07) is 16.0. The van der Waals surface area contributed by atoms with E-state index in [1.54, 1.807) is 30.5 Å². The molecule has 0 aliphatic carbocycles. The van der Waals surface area contributed by atoms with Gasteiger partial charge in [0.05, 0.1) is 10.4 Å². The average molecular weight is 497 g/mol. The molecular formula is C20H13BrN6O3S. The third-order valence-electron chi connectivity index (χ3n) is 4.17. The molecule has 0 saturated heterocycles. The molecule has 2 heterocycles. The Kier molecular flexibility index (Phi) is 6.05. The van der Waals surface area contributed by atoms with Gasteiger partial charge in [-0.1, -0.05) is 45.9 Å². The van der Waals surface area contributed by atoms with Crippen molar-refractivity contribution in [1.82, 2.24) is 20.4 Å². The molecule has 0 aliphatic heterocycles. The molecule has 2 aromatic carbocycles. The maximum Gasteiger partial charge on any atom is 0.345 e. The molecular weight excluding hydrogens is 484 g/mol. The standard InChI is InChI=1S/C20H13BrN6O3S/c21-14-8-6-13(7-9-14)19(28)26-25-18-17(27(29)30)20(24-11-23-18)31-15-5-1-3-12-4-2-10-22-16(12)15/h1-11H,(H,26,28)(H,23,24,25). The van der Waals surface area contributed by atoms with Crippen LogP contribution < -0.4 is 10.9 Å². The number of para-hydroxylation sites is 1. The van der Waals surface area contributed by atoms with Gasteiger partial charge in [0, 0.05) is 26.5 Å². The summed E-state index contributed by atoms with van der Waals surface area (Å²) < 4.78 is 0.827. The lowest BCUT2D eigenvalue weighted by Gasteiger charge is -2.10. The van der Waals surface area contributed by atoms with Crippen LogP contribution in [-0.4, -0.2) is 25.8 Å². The molecule has 0 unspecified atom stereocenters. The van der Waals surface area contributed by atoms with Crippen LogP contribution in [0.15, 0.2) is 81.5 Å². The van der Waals surface area contributed by atoms with Crippen molar-refractivity contribution in [2.45, 2.75) is 9.92 Å². The van der Waals surface area contributed by atoms with E-state index in [2.05, 4.69) is 41.7 Å². The molecule has 0 radical (unpaired) electrons. The van der Waals surface area contributed by atoms with Crippen LogP contribution >= 0.6 is 27.7 Å². The lowest BCUT2D eigenvalue weighted by Crippen LogP contribution is -2.30. The van der Waals surface area contributed by atoms with Gasteiger partial charge in [0.25, 0.3) is 5.91 Å². The minimum absolute atomic E-state index is 0.124. The van der Waals surface area contributed by atoms with Crippen molar-refractivity contribution in [3.05, 3.63) is 87.3 Å². The van der Waals surface area contributed by atoms with E-state index >= 15 is 0 Å². The fourth-order valence-electron chi connectivity index (χ4n) is 2.75. The average Bonchev–Trinajstić information content (AvgIpc) is 2.78. The Morgan fingerprint density at radius 2 is 1.81 bits per heavy atom. The Morgan fingerprint density at radius 3 is 2.58 bits per heavy atom. The number of nitro groups is 1. The Labute approximate surface area is 188 Å². The number of nitrogens with one attached hydrogen (secondary N) is 2. The van der Waals surface area contributed by atoms with Crippen molar-refractivity contribution in [3.63, 3.8) is 0 Å². The molecule has 11 heteroatoms. The van der Waals surface area contributed by atoms with E-state index in [-0.39, 0.29) is 16.5 Å². The largest absolute Gasteiger partial charge is 0.345 e. The minimum atomic E-state index is -0.588. The summed E-state index contributed by atoms with van der Waals surface area (Å²) in [5, 5.41) is 12.8. The molecule has 4 aromatic rings. The number of aromatic nitrogens is 3. The van der Waals surface area contributed by atoms with E-state index in [9.17, 15) is 14.9 Å². The molecule has 0 saturated carbocycles. The first-order chi connectivity index (χ1) is 15.0. The van der Waals surface area contributed by atoms with Crippen molar-refractivity contribution in [3.8, 4) is 0 Å².